The quantitative estimate of drug-likeness (QED) is 0.385. The first-order chi connectivity index (χ1) is 18.9. The summed E-state index contributed by atoms with van der Waals surface area (Å²) >= 11 is 0. The summed E-state index contributed by atoms with van der Waals surface area (Å²) in [4.78, 5) is 30.6. The van der Waals surface area contributed by atoms with E-state index in [0.29, 0.717) is 51.9 Å². The first kappa shape index (κ1) is 31.2. The van der Waals surface area contributed by atoms with E-state index in [2.05, 4.69) is 45.0 Å². The SMILES string of the molecule is CC.CC(=O)CCOCCOCCNC1CCN(C(=O)CCn2c3c(c4cccnc42)CN(C)N(C)C3)CC1. The number of ketones is 1. The minimum atomic E-state index is 0.143. The van der Waals surface area contributed by atoms with Gasteiger partial charge in [-0.05, 0) is 37.5 Å². The number of carbonyl (C=O) groups is 2. The molecule has 218 valence electrons. The number of rotatable bonds is 13. The average Bonchev–Trinajstić information content (AvgIpc) is 3.24. The van der Waals surface area contributed by atoms with Gasteiger partial charge in [0, 0.05) is 83.0 Å². The van der Waals surface area contributed by atoms with Crippen molar-refractivity contribution >= 4 is 22.7 Å². The number of hydrazine groups is 1. The number of amides is 1. The van der Waals surface area contributed by atoms with Crippen molar-refractivity contribution in [1.29, 1.82) is 0 Å². The van der Waals surface area contributed by atoms with Crippen molar-refractivity contribution in [1.82, 2.24) is 29.8 Å². The summed E-state index contributed by atoms with van der Waals surface area (Å²) in [6.07, 6.45) is 4.71. The van der Waals surface area contributed by atoms with Crippen LogP contribution in [0.4, 0.5) is 0 Å². The second kappa shape index (κ2) is 16.0. The molecule has 0 unspecified atom stereocenters. The van der Waals surface area contributed by atoms with Crippen LogP contribution < -0.4 is 5.32 Å². The first-order valence-electron chi connectivity index (χ1n) is 14.5. The molecule has 10 nitrogen and oxygen atoms in total. The number of aryl methyl sites for hydroxylation is 1. The molecular formula is C29H48N6O4. The van der Waals surface area contributed by atoms with Gasteiger partial charge >= 0.3 is 0 Å². The van der Waals surface area contributed by atoms with Gasteiger partial charge in [0.15, 0.2) is 0 Å². The van der Waals surface area contributed by atoms with Crippen LogP contribution in [-0.4, -0.2) is 102 Å². The molecule has 0 atom stereocenters. The third-order valence-corrected chi connectivity index (χ3v) is 7.44. The highest BCUT2D eigenvalue weighted by Gasteiger charge is 2.27. The Morgan fingerprint density at radius 3 is 2.41 bits per heavy atom. The molecule has 0 aliphatic carbocycles. The maximum Gasteiger partial charge on any atom is 0.224 e. The number of fused-ring (bicyclic) bond motifs is 3. The molecule has 0 bridgehead atoms. The van der Waals surface area contributed by atoms with Crippen LogP contribution in [0, 0.1) is 0 Å². The van der Waals surface area contributed by atoms with E-state index in [-0.39, 0.29) is 11.7 Å². The number of ether oxygens (including phenoxy) is 2. The Kier molecular flexibility index (Phi) is 12.8. The highest BCUT2D eigenvalue weighted by Crippen LogP contribution is 2.30. The zero-order valence-corrected chi connectivity index (χ0v) is 24.6. The number of piperidine rings is 1. The van der Waals surface area contributed by atoms with Crippen molar-refractivity contribution < 1.29 is 19.1 Å². The van der Waals surface area contributed by atoms with Crippen molar-refractivity contribution in [3.8, 4) is 0 Å². The normalized spacial score (nSPS) is 16.7. The van der Waals surface area contributed by atoms with Crippen molar-refractivity contribution in [3.05, 3.63) is 29.6 Å². The molecule has 1 fully saturated rings. The summed E-state index contributed by atoms with van der Waals surface area (Å²) in [7, 11) is 4.20. The average molecular weight is 545 g/mol. The van der Waals surface area contributed by atoms with Gasteiger partial charge in [0.1, 0.15) is 11.4 Å². The van der Waals surface area contributed by atoms with Crippen LogP contribution in [-0.2, 0) is 38.7 Å². The van der Waals surface area contributed by atoms with Gasteiger partial charge in [-0.1, -0.05) is 13.8 Å². The maximum atomic E-state index is 13.1. The number of likely N-dealkylation sites (tertiary alicyclic amines) is 1. The summed E-state index contributed by atoms with van der Waals surface area (Å²) in [6, 6.07) is 4.55. The van der Waals surface area contributed by atoms with Crippen LogP contribution in [0.1, 0.15) is 57.7 Å². The zero-order valence-electron chi connectivity index (χ0n) is 24.6. The Balaban J connectivity index is 0.00000205. The fourth-order valence-electron chi connectivity index (χ4n) is 5.15. The van der Waals surface area contributed by atoms with Gasteiger partial charge in [-0.3, -0.25) is 9.59 Å². The van der Waals surface area contributed by atoms with E-state index in [4.69, 9.17) is 9.47 Å². The molecule has 0 aromatic carbocycles. The lowest BCUT2D eigenvalue weighted by atomic mass is 10.0. The number of pyridine rings is 1. The molecule has 0 radical (unpaired) electrons. The van der Waals surface area contributed by atoms with E-state index in [0.717, 1.165) is 51.2 Å². The molecule has 1 saturated heterocycles. The van der Waals surface area contributed by atoms with Crippen molar-refractivity contribution in [2.24, 2.45) is 0 Å². The molecule has 0 saturated carbocycles. The number of Topliss-reactive ketones (excluding diaryl/α,β-unsaturated/α-hetero) is 1. The third kappa shape index (κ3) is 8.81. The van der Waals surface area contributed by atoms with Crippen molar-refractivity contribution in [3.63, 3.8) is 0 Å². The van der Waals surface area contributed by atoms with Gasteiger partial charge < -0.3 is 24.3 Å². The minimum absolute atomic E-state index is 0.143. The van der Waals surface area contributed by atoms with E-state index < -0.39 is 0 Å². The van der Waals surface area contributed by atoms with Crippen LogP contribution in [0.3, 0.4) is 0 Å². The Bertz CT molecular complexity index is 1050. The van der Waals surface area contributed by atoms with Crippen LogP contribution in [0.25, 0.3) is 11.0 Å². The van der Waals surface area contributed by atoms with Gasteiger partial charge in [0.2, 0.25) is 5.91 Å². The lowest BCUT2D eigenvalue weighted by molar-refractivity contribution is -0.132. The maximum absolute atomic E-state index is 13.1. The second-order valence-electron chi connectivity index (χ2n) is 10.1. The Morgan fingerprint density at radius 2 is 1.69 bits per heavy atom. The Morgan fingerprint density at radius 1 is 1.00 bits per heavy atom. The van der Waals surface area contributed by atoms with Gasteiger partial charge in [-0.15, -0.1) is 0 Å². The predicted molar refractivity (Wildman–Crippen MR) is 153 cm³/mol. The molecule has 4 heterocycles. The molecule has 1 amide bonds. The fourth-order valence-corrected chi connectivity index (χ4v) is 5.15. The van der Waals surface area contributed by atoms with E-state index in [1.165, 1.54) is 16.6 Å². The lowest BCUT2D eigenvalue weighted by Crippen LogP contribution is -2.45. The van der Waals surface area contributed by atoms with E-state index in [9.17, 15) is 9.59 Å². The molecular weight excluding hydrogens is 496 g/mol. The molecule has 39 heavy (non-hydrogen) atoms. The third-order valence-electron chi connectivity index (χ3n) is 7.44. The second-order valence-corrected chi connectivity index (χ2v) is 10.1. The van der Waals surface area contributed by atoms with Crippen LogP contribution >= 0.6 is 0 Å². The fraction of sp³-hybridized carbons (Fsp3) is 0.690. The summed E-state index contributed by atoms with van der Waals surface area (Å²) in [5.41, 5.74) is 3.58. The van der Waals surface area contributed by atoms with E-state index >= 15 is 0 Å². The first-order valence-corrected chi connectivity index (χ1v) is 14.5. The van der Waals surface area contributed by atoms with E-state index in [1.807, 2.05) is 31.0 Å². The summed E-state index contributed by atoms with van der Waals surface area (Å²) < 4.78 is 13.2. The van der Waals surface area contributed by atoms with E-state index in [1.54, 1.807) is 6.92 Å². The van der Waals surface area contributed by atoms with Crippen LogP contribution in [0.5, 0.6) is 0 Å². The zero-order chi connectivity index (χ0) is 28.2. The van der Waals surface area contributed by atoms with Crippen molar-refractivity contribution in [2.75, 3.05) is 60.2 Å². The molecule has 4 rings (SSSR count). The predicted octanol–water partition coefficient (Wildman–Crippen LogP) is 2.84. The van der Waals surface area contributed by atoms with Crippen LogP contribution in [0.15, 0.2) is 18.3 Å². The molecule has 10 heteroatoms. The Labute approximate surface area is 233 Å². The largest absolute Gasteiger partial charge is 0.379 e. The molecule has 2 aromatic heterocycles. The summed E-state index contributed by atoms with van der Waals surface area (Å²) in [5, 5.41) is 9.18. The Hall–Kier alpha value is -2.37. The monoisotopic (exact) mass is 544 g/mol. The lowest BCUT2D eigenvalue weighted by Gasteiger charge is -2.34. The van der Waals surface area contributed by atoms with Gasteiger partial charge in [-0.2, -0.15) is 0 Å². The number of carbonyl (C=O) groups excluding carboxylic acids is 2. The molecule has 0 spiro atoms. The van der Waals surface area contributed by atoms with Gasteiger partial charge in [0.05, 0.1) is 33.0 Å². The topological polar surface area (TPSA) is 92.2 Å². The van der Waals surface area contributed by atoms with Crippen LogP contribution in [0.2, 0.25) is 0 Å². The summed E-state index contributed by atoms with van der Waals surface area (Å²) in [5.74, 6) is 0.365. The standard InChI is InChI=1S/C27H42N6O4.C2H6/c1-21(34)9-15-36-17-18-37-16-11-28-22-6-12-32(13-7-22)26(35)8-14-33-25-20-31(3)30(2)19-24(25)23-5-4-10-29-27(23)33;1-2/h4-5,10,22,28H,6-9,11-20H2,1-3H3;1-2H3. The minimum Gasteiger partial charge on any atom is -0.379 e. The number of nitrogens with zero attached hydrogens (tertiary/aromatic N) is 5. The highest BCUT2D eigenvalue weighted by molar-refractivity contribution is 5.83. The highest BCUT2D eigenvalue weighted by atomic mass is 16.5. The smallest absolute Gasteiger partial charge is 0.224 e. The van der Waals surface area contributed by atoms with Gasteiger partial charge in [-0.25, -0.2) is 15.0 Å². The summed E-state index contributed by atoms with van der Waals surface area (Å²) in [6.45, 7) is 12.4. The molecule has 2 aliphatic rings. The van der Waals surface area contributed by atoms with Crippen molar-refractivity contribution in [2.45, 2.75) is 72.1 Å². The molecule has 2 aromatic rings. The van der Waals surface area contributed by atoms with Gasteiger partial charge in [0.25, 0.3) is 0 Å². The number of hydrogen-bond donors (Lipinski definition) is 1. The molecule has 2 aliphatic heterocycles. The number of hydrogen-bond acceptors (Lipinski definition) is 8. The number of aromatic nitrogens is 2. The molecule has 1 N–H and O–H groups in total. The number of nitrogens with one attached hydrogen (secondary N) is 1.